The number of methoxy groups -OCH3 is 1. The van der Waals surface area contributed by atoms with E-state index < -0.39 is 12.7 Å². The highest BCUT2D eigenvalue weighted by Gasteiger charge is 2.28. The number of fused-ring (bicyclic) bond motifs is 1. The lowest BCUT2D eigenvalue weighted by Gasteiger charge is -2.17. The van der Waals surface area contributed by atoms with Gasteiger partial charge in [-0.1, -0.05) is 0 Å². The normalized spacial score (nSPS) is 11.5. The van der Waals surface area contributed by atoms with E-state index in [4.69, 9.17) is 4.74 Å². The van der Waals surface area contributed by atoms with Gasteiger partial charge in [0.25, 0.3) is 5.91 Å². The maximum Gasteiger partial charge on any atom is 0.405 e. The summed E-state index contributed by atoms with van der Waals surface area (Å²) in [5.74, 6) is 0.238. The summed E-state index contributed by atoms with van der Waals surface area (Å²) in [6, 6.07) is 3.50. The molecule has 0 bridgehead atoms. The van der Waals surface area contributed by atoms with Crippen LogP contribution in [0.3, 0.4) is 0 Å². The molecule has 0 aliphatic rings. The molecule has 0 saturated carbocycles. The predicted molar refractivity (Wildman–Crippen MR) is 103 cm³/mol. The SMILES string of the molecule is COc1cc(CN(C)C(=O)c2sc3ncnc(NCC(F)(F)F)c3c2C)ccn1. The first kappa shape index (κ1) is 20.8. The van der Waals surface area contributed by atoms with E-state index in [9.17, 15) is 18.0 Å². The predicted octanol–water partition coefficient (Wildman–Crippen LogP) is 3.65. The zero-order valence-electron chi connectivity index (χ0n) is 15.9. The minimum atomic E-state index is -4.38. The van der Waals surface area contributed by atoms with Crippen molar-refractivity contribution in [2.24, 2.45) is 0 Å². The highest BCUT2D eigenvalue weighted by atomic mass is 32.1. The number of carbonyl (C=O) groups excluding carboxylic acids is 1. The molecule has 29 heavy (non-hydrogen) atoms. The maximum absolute atomic E-state index is 13.0. The summed E-state index contributed by atoms with van der Waals surface area (Å²) in [5, 5.41) is 2.71. The Morgan fingerprint density at radius 3 is 2.76 bits per heavy atom. The smallest absolute Gasteiger partial charge is 0.405 e. The molecule has 1 N–H and O–H groups in total. The molecular formula is C18H18F3N5O2S. The third-order valence-corrected chi connectivity index (χ3v) is 5.34. The molecule has 0 fully saturated rings. The fourth-order valence-electron chi connectivity index (χ4n) is 2.77. The molecule has 3 rings (SSSR count). The standard InChI is InChI=1S/C18H18F3N5O2S/c1-10-13-15(23-8-18(19,20)21)24-9-25-16(13)29-14(10)17(27)26(2)7-11-4-5-22-12(6-11)28-3/h4-6,9H,7-8H2,1-3H3,(H,23,24,25). The molecule has 0 aliphatic heterocycles. The molecule has 3 heterocycles. The van der Waals surface area contributed by atoms with Gasteiger partial charge < -0.3 is 15.0 Å². The monoisotopic (exact) mass is 425 g/mol. The van der Waals surface area contributed by atoms with Gasteiger partial charge in [0.2, 0.25) is 5.88 Å². The van der Waals surface area contributed by atoms with Gasteiger partial charge in [-0.3, -0.25) is 4.79 Å². The van der Waals surface area contributed by atoms with Gasteiger partial charge in [-0.05, 0) is 24.1 Å². The quantitative estimate of drug-likeness (QED) is 0.650. The molecule has 3 aromatic rings. The van der Waals surface area contributed by atoms with Crippen molar-refractivity contribution in [3.63, 3.8) is 0 Å². The lowest BCUT2D eigenvalue weighted by molar-refractivity contribution is -0.115. The van der Waals surface area contributed by atoms with Crippen LogP contribution in [0.1, 0.15) is 20.8 Å². The Hall–Kier alpha value is -2.95. The molecule has 0 aromatic carbocycles. The van der Waals surface area contributed by atoms with Gasteiger partial charge in [0.05, 0.1) is 17.4 Å². The number of rotatable bonds is 6. The van der Waals surface area contributed by atoms with Crippen LogP contribution < -0.4 is 10.1 Å². The number of amides is 1. The first-order valence-electron chi connectivity index (χ1n) is 8.48. The number of nitrogens with one attached hydrogen (secondary N) is 1. The maximum atomic E-state index is 13.0. The van der Waals surface area contributed by atoms with Gasteiger partial charge >= 0.3 is 6.18 Å². The van der Waals surface area contributed by atoms with Crippen LogP contribution in [0.25, 0.3) is 10.2 Å². The van der Waals surface area contributed by atoms with E-state index in [1.165, 1.54) is 18.3 Å². The van der Waals surface area contributed by atoms with Gasteiger partial charge in [-0.2, -0.15) is 13.2 Å². The number of thiophene rings is 1. The van der Waals surface area contributed by atoms with Crippen molar-refractivity contribution >= 4 is 33.3 Å². The summed E-state index contributed by atoms with van der Waals surface area (Å²) in [5.41, 5.74) is 1.37. The third-order valence-electron chi connectivity index (χ3n) is 4.15. The van der Waals surface area contributed by atoms with Gasteiger partial charge in [-0.25, -0.2) is 15.0 Å². The molecule has 0 unspecified atom stereocenters. The Labute approximate surface area is 168 Å². The number of hydrogen-bond donors (Lipinski definition) is 1. The number of pyridine rings is 1. The Kier molecular flexibility index (Phi) is 5.87. The van der Waals surface area contributed by atoms with Crippen LogP contribution >= 0.6 is 11.3 Å². The van der Waals surface area contributed by atoms with E-state index in [0.29, 0.717) is 33.1 Å². The van der Waals surface area contributed by atoms with Gasteiger partial charge in [0.1, 0.15) is 23.5 Å². The van der Waals surface area contributed by atoms with Crippen molar-refractivity contribution in [3.8, 4) is 5.88 Å². The zero-order valence-corrected chi connectivity index (χ0v) is 16.7. The summed E-state index contributed by atoms with van der Waals surface area (Å²) in [6.07, 6.45) is -1.62. The number of alkyl halides is 3. The highest BCUT2D eigenvalue weighted by molar-refractivity contribution is 7.20. The molecule has 7 nitrogen and oxygen atoms in total. The zero-order chi connectivity index (χ0) is 21.2. The molecule has 154 valence electrons. The lowest BCUT2D eigenvalue weighted by atomic mass is 10.2. The van der Waals surface area contributed by atoms with Crippen LogP contribution in [-0.2, 0) is 6.54 Å². The molecule has 0 saturated heterocycles. The van der Waals surface area contributed by atoms with E-state index in [0.717, 1.165) is 16.9 Å². The van der Waals surface area contributed by atoms with Crippen LogP contribution in [-0.4, -0.2) is 52.6 Å². The van der Waals surface area contributed by atoms with E-state index in [1.807, 2.05) is 0 Å². The topological polar surface area (TPSA) is 80.2 Å². The summed E-state index contributed by atoms with van der Waals surface area (Å²) < 4.78 is 42.8. The summed E-state index contributed by atoms with van der Waals surface area (Å²) >= 11 is 1.13. The number of halogens is 3. The summed E-state index contributed by atoms with van der Waals surface area (Å²) in [6.45, 7) is 0.773. The van der Waals surface area contributed by atoms with Crippen molar-refractivity contribution < 1.29 is 22.7 Å². The third kappa shape index (κ3) is 4.73. The highest BCUT2D eigenvalue weighted by Crippen LogP contribution is 2.34. The molecule has 0 aliphatic carbocycles. The van der Waals surface area contributed by atoms with Crippen LogP contribution in [0.5, 0.6) is 5.88 Å². The molecule has 1 amide bonds. The van der Waals surface area contributed by atoms with Crippen LogP contribution in [0, 0.1) is 6.92 Å². The van der Waals surface area contributed by atoms with Crippen molar-refractivity contribution in [3.05, 3.63) is 40.7 Å². The van der Waals surface area contributed by atoms with Gasteiger partial charge in [-0.15, -0.1) is 11.3 Å². The minimum Gasteiger partial charge on any atom is -0.481 e. The number of ether oxygens (including phenoxy) is 1. The lowest BCUT2D eigenvalue weighted by Crippen LogP contribution is -2.26. The number of anilines is 1. The van der Waals surface area contributed by atoms with Crippen molar-refractivity contribution in [1.82, 2.24) is 19.9 Å². The molecule has 3 aromatic heterocycles. The van der Waals surface area contributed by atoms with E-state index in [1.54, 1.807) is 32.3 Å². The van der Waals surface area contributed by atoms with E-state index in [-0.39, 0.29) is 11.7 Å². The number of aromatic nitrogens is 3. The number of nitrogens with zero attached hydrogens (tertiary/aromatic N) is 4. The number of carbonyl (C=O) groups is 1. The van der Waals surface area contributed by atoms with Crippen molar-refractivity contribution in [2.75, 3.05) is 26.0 Å². The number of aryl methyl sites for hydroxylation is 1. The second kappa shape index (κ2) is 8.19. The average Bonchev–Trinajstić information content (AvgIpc) is 3.02. The first-order valence-corrected chi connectivity index (χ1v) is 9.30. The minimum absolute atomic E-state index is 0.0571. The average molecular weight is 425 g/mol. The Morgan fingerprint density at radius 1 is 1.31 bits per heavy atom. The summed E-state index contributed by atoms with van der Waals surface area (Å²) in [7, 11) is 3.15. The van der Waals surface area contributed by atoms with E-state index >= 15 is 0 Å². The fourth-order valence-corrected chi connectivity index (χ4v) is 3.92. The fraction of sp³-hybridized carbons (Fsp3) is 0.333. The van der Waals surface area contributed by atoms with Crippen LogP contribution in [0.2, 0.25) is 0 Å². The summed E-state index contributed by atoms with van der Waals surface area (Å²) in [4.78, 5) is 27.4. The largest absolute Gasteiger partial charge is 0.481 e. The first-order chi connectivity index (χ1) is 13.7. The van der Waals surface area contributed by atoms with Gasteiger partial charge in [0, 0.05) is 25.9 Å². The number of hydrogen-bond acceptors (Lipinski definition) is 7. The van der Waals surface area contributed by atoms with Crippen LogP contribution in [0.4, 0.5) is 19.0 Å². The second-order valence-electron chi connectivity index (χ2n) is 6.30. The molecule has 0 atom stereocenters. The molecule has 0 spiro atoms. The second-order valence-corrected chi connectivity index (χ2v) is 7.29. The van der Waals surface area contributed by atoms with Crippen LogP contribution in [0.15, 0.2) is 24.7 Å². The van der Waals surface area contributed by atoms with E-state index in [2.05, 4.69) is 20.3 Å². The van der Waals surface area contributed by atoms with Crippen molar-refractivity contribution in [2.45, 2.75) is 19.6 Å². The Balaban J connectivity index is 1.86. The Morgan fingerprint density at radius 2 is 2.07 bits per heavy atom. The Bertz CT molecular complexity index is 1040. The molecule has 0 radical (unpaired) electrons. The van der Waals surface area contributed by atoms with Gasteiger partial charge in [0.15, 0.2) is 0 Å². The van der Waals surface area contributed by atoms with Crippen molar-refractivity contribution in [1.29, 1.82) is 0 Å². The molecular weight excluding hydrogens is 407 g/mol. The molecule has 11 heteroatoms.